The highest BCUT2D eigenvalue weighted by Crippen LogP contribution is 2.12. The third-order valence-electron chi connectivity index (χ3n) is 2.74. The second-order valence-electron chi connectivity index (χ2n) is 4.02. The Labute approximate surface area is 103 Å². The molecule has 2 rings (SSSR count). The van der Waals surface area contributed by atoms with Crippen LogP contribution >= 0.6 is 0 Å². The lowest BCUT2D eigenvalue weighted by Crippen LogP contribution is -2.39. The van der Waals surface area contributed by atoms with Crippen molar-refractivity contribution in [2.24, 2.45) is 0 Å². The van der Waals surface area contributed by atoms with E-state index in [4.69, 9.17) is 4.74 Å². The molecule has 0 aromatic carbocycles. The van der Waals surface area contributed by atoms with Crippen molar-refractivity contribution in [1.29, 1.82) is 0 Å². The minimum atomic E-state index is -0.549. The first-order valence-electron chi connectivity index (χ1n) is 5.66. The van der Waals surface area contributed by atoms with Crippen molar-refractivity contribution >= 4 is 11.6 Å². The first kappa shape index (κ1) is 12.4. The summed E-state index contributed by atoms with van der Waals surface area (Å²) in [5.41, 5.74) is -0.0715. The van der Waals surface area contributed by atoms with Gasteiger partial charge in [0.15, 0.2) is 0 Å². The van der Waals surface area contributed by atoms with Crippen LogP contribution in [0.25, 0.3) is 0 Å². The normalized spacial score (nSPS) is 16.2. The third kappa shape index (κ3) is 3.01. The van der Waals surface area contributed by atoms with Crippen LogP contribution in [-0.4, -0.2) is 35.1 Å². The molecule has 1 aliphatic rings. The number of hydrogen-bond donors (Lipinski definition) is 1. The van der Waals surface area contributed by atoms with Gasteiger partial charge in [-0.15, -0.1) is 0 Å². The molecule has 2 heterocycles. The van der Waals surface area contributed by atoms with Gasteiger partial charge >= 0.3 is 0 Å². The standard InChI is InChI=1S/C11H13N3O4/c15-11(13-8-2-5-18-6-3-8)10-7-9(14(16)17)1-4-12-10/h1,4,7-8H,2-3,5-6H2,(H,13,15). The van der Waals surface area contributed by atoms with E-state index < -0.39 is 4.92 Å². The number of carbonyl (C=O) groups excluding carboxylic acids is 1. The molecule has 0 bridgehead atoms. The molecule has 1 N–H and O–H groups in total. The molecule has 0 spiro atoms. The molecule has 0 atom stereocenters. The van der Waals surface area contributed by atoms with Gasteiger partial charge in [0, 0.05) is 37.6 Å². The Hall–Kier alpha value is -2.02. The quantitative estimate of drug-likeness (QED) is 0.636. The Bertz CT molecular complexity index is 457. The number of nitrogens with zero attached hydrogens (tertiary/aromatic N) is 2. The van der Waals surface area contributed by atoms with Crippen molar-refractivity contribution < 1.29 is 14.5 Å². The predicted molar refractivity (Wildman–Crippen MR) is 62.2 cm³/mol. The van der Waals surface area contributed by atoms with Crippen LogP contribution in [0.4, 0.5) is 5.69 Å². The SMILES string of the molecule is O=C(NC1CCOCC1)c1cc([N+](=O)[O-])ccn1. The summed E-state index contributed by atoms with van der Waals surface area (Å²) in [6, 6.07) is 2.48. The van der Waals surface area contributed by atoms with Gasteiger partial charge in [0.25, 0.3) is 11.6 Å². The number of amides is 1. The van der Waals surface area contributed by atoms with Crippen LogP contribution in [0.5, 0.6) is 0 Å². The average molecular weight is 251 g/mol. The van der Waals surface area contributed by atoms with E-state index in [1.165, 1.54) is 18.3 Å². The maximum Gasteiger partial charge on any atom is 0.273 e. The molecule has 1 aromatic heterocycles. The van der Waals surface area contributed by atoms with Crippen LogP contribution < -0.4 is 5.32 Å². The number of nitrogens with one attached hydrogen (secondary N) is 1. The first-order chi connectivity index (χ1) is 8.66. The van der Waals surface area contributed by atoms with E-state index in [-0.39, 0.29) is 23.3 Å². The molecule has 18 heavy (non-hydrogen) atoms. The summed E-state index contributed by atoms with van der Waals surface area (Å²) in [4.78, 5) is 25.7. The van der Waals surface area contributed by atoms with E-state index in [1.54, 1.807) is 0 Å². The van der Waals surface area contributed by atoms with Gasteiger partial charge in [0.1, 0.15) is 5.69 Å². The topological polar surface area (TPSA) is 94.4 Å². The Balaban J connectivity index is 2.03. The van der Waals surface area contributed by atoms with Crippen molar-refractivity contribution in [3.63, 3.8) is 0 Å². The lowest BCUT2D eigenvalue weighted by Gasteiger charge is -2.22. The average Bonchev–Trinajstić information content (AvgIpc) is 2.40. The number of pyridine rings is 1. The second-order valence-corrected chi connectivity index (χ2v) is 4.02. The minimum absolute atomic E-state index is 0.0484. The fraction of sp³-hybridized carbons (Fsp3) is 0.455. The molecule has 0 radical (unpaired) electrons. The van der Waals surface area contributed by atoms with Crippen LogP contribution in [0.15, 0.2) is 18.3 Å². The van der Waals surface area contributed by atoms with Crippen LogP contribution in [-0.2, 0) is 4.74 Å². The highest BCUT2D eigenvalue weighted by Gasteiger charge is 2.19. The monoisotopic (exact) mass is 251 g/mol. The lowest BCUT2D eigenvalue weighted by atomic mass is 10.1. The lowest BCUT2D eigenvalue weighted by molar-refractivity contribution is -0.385. The van der Waals surface area contributed by atoms with E-state index in [0.717, 1.165) is 12.8 Å². The largest absolute Gasteiger partial charge is 0.381 e. The summed E-state index contributed by atoms with van der Waals surface area (Å²) in [5.74, 6) is -0.384. The van der Waals surface area contributed by atoms with E-state index in [1.807, 2.05) is 0 Å². The van der Waals surface area contributed by atoms with Gasteiger partial charge in [-0.3, -0.25) is 19.9 Å². The highest BCUT2D eigenvalue weighted by atomic mass is 16.6. The zero-order valence-electron chi connectivity index (χ0n) is 9.67. The number of nitro groups is 1. The van der Waals surface area contributed by atoms with Gasteiger partial charge in [-0.25, -0.2) is 0 Å². The summed E-state index contributed by atoms with van der Waals surface area (Å²) < 4.78 is 5.18. The number of rotatable bonds is 3. The third-order valence-corrected chi connectivity index (χ3v) is 2.74. The van der Waals surface area contributed by atoms with E-state index in [0.29, 0.717) is 13.2 Å². The Morgan fingerprint density at radius 3 is 2.89 bits per heavy atom. The predicted octanol–water partition coefficient (Wildman–Crippen LogP) is 0.899. The first-order valence-corrected chi connectivity index (χ1v) is 5.66. The van der Waals surface area contributed by atoms with Crippen molar-refractivity contribution in [2.75, 3.05) is 13.2 Å². The van der Waals surface area contributed by atoms with Gasteiger partial charge in [-0.1, -0.05) is 0 Å². The highest BCUT2D eigenvalue weighted by molar-refractivity contribution is 5.92. The molecule has 0 saturated carbocycles. The fourth-order valence-electron chi connectivity index (χ4n) is 1.76. The van der Waals surface area contributed by atoms with Gasteiger partial charge in [-0.05, 0) is 12.8 Å². The number of hydrogen-bond acceptors (Lipinski definition) is 5. The van der Waals surface area contributed by atoms with Crippen molar-refractivity contribution in [2.45, 2.75) is 18.9 Å². The number of ether oxygens (including phenoxy) is 1. The molecule has 7 heteroatoms. The van der Waals surface area contributed by atoms with Crippen molar-refractivity contribution in [1.82, 2.24) is 10.3 Å². The van der Waals surface area contributed by atoms with Gasteiger partial charge in [0.05, 0.1) is 4.92 Å². The van der Waals surface area contributed by atoms with Gasteiger partial charge < -0.3 is 10.1 Å². The number of aromatic nitrogens is 1. The van der Waals surface area contributed by atoms with Crippen molar-refractivity contribution in [3.05, 3.63) is 34.1 Å². The summed E-state index contributed by atoms with van der Waals surface area (Å²) in [6.45, 7) is 1.24. The maximum absolute atomic E-state index is 11.9. The van der Waals surface area contributed by atoms with Crippen LogP contribution in [0.3, 0.4) is 0 Å². The van der Waals surface area contributed by atoms with Crippen LogP contribution in [0, 0.1) is 10.1 Å². The second kappa shape index (κ2) is 5.54. The molecule has 0 aliphatic carbocycles. The number of carbonyl (C=O) groups is 1. The van der Waals surface area contributed by atoms with E-state index in [2.05, 4.69) is 10.3 Å². The molecule has 1 aromatic rings. The van der Waals surface area contributed by atoms with Crippen LogP contribution in [0.1, 0.15) is 23.3 Å². The molecular formula is C11H13N3O4. The Kier molecular flexibility index (Phi) is 3.83. The van der Waals surface area contributed by atoms with Gasteiger partial charge in [-0.2, -0.15) is 0 Å². The zero-order chi connectivity index (χ0) is 13.0. The Morgan fingerprint density at radius 1 is 1.50 bits per heavy atom. The summed E-state index contributed by atoms with van der Waals surface area (Å²) >= 11 is 0. The summed E-state index contributed by atoms with van der Waals surface area (Å²) in [7, 11) is 0. The fourth-order valence-corrected chi connectivity index (χ4v) is 1.76. The molecule has 0 unspecified atom stereocenters. The maximum atomic E-state index is 11.9. The molecule has 1 aliphatic heterocycles. The van der Waals surface area contributed by atoms with Crippen LogP contribution in [0.2, 0.25) is 0 Å². The summed E-state index contributed by atoms with van der Waals surface area (Å²) in [6.07, 6.45) is 2.76. The molecule has 1 fully saturated rings. The molecule has 1 saturated heterocycles. The molecular weight excluding hydrogens is 238 g/mol. The van der Waals surface area contributed by atoms with Gasteiger partial charge in [0.2, 0.25) is 0 Å². The minimum Gasteiger partial charge on any atom is -0.381 e. The molecule has 1 amide bonds. The molecule has 7 nitrogen and oxygen atoms in total. The summed E-state index contributed by atoms with van der Waals surface area (Å²) in [5, 5.41) is 13.4. The molecule has 96 valence electrons. The zero-order valence-corrected chi connectivity index (χ0v) is 9.67. The van der Waals surface area contributed by atoms with E-state index >= 15 is 0 Å². The smallest absolute Gasteiger partial charge is 0.273 e. The Morgan fingerprint density at radius 2 is 2.22 bits per heavy atom. The van der Waals surface area contributed by atoms with Crippen molar-refractivity contribution in [3.8, 4) is 0 Å². The van der Waals surface area contributed by atoms with E-state index in [9.17, 15) is 14.9 Å².